The summed E-state index contributed by atoms with van der Waals surface area (Å²) in [4.78, 5) is 38.8. The first-order valence-electron chi connectivity index (χ1n) is 9.00. The van der Waals surface area contributed by atoms with Crippen molar-refractivity contribution in [2.45, 2.75) is 13.0 Å². The summed E-state index contributed by atoms with van der Waals surface area (Å²) in [6.07, 6.45) is -0.925. The van der Waals surface area contributed by atoms with Crippen molar-refractivity contribution < 1.29 is 19.2 Å². The van der Waals surface area contributed by atoms with Gasteiger partial charge in [0.05, 0.1) is 10.5 Å². The van der Waals surface area contributed by atoms with E-state index in [0.29, 0.717) is 26.2 Å². The molecule has 0 aliphatic carbocycles. The van der Waals surface area contributed by atoms with Crippen LogP contribution in [-0.4, -0.2) is 54.0 Å². The van der Waals surface area contributed by atoms with Crippen molar-refractivity contribution in [3.8, 4) is 0 Å². The molecule has 1 heterocycles. The van der Waals surface area contributed by atoms with Gasteiger partial charge >= 0.3 is 5.97 Å². The Hall–Kier alpha value is -3.42. The Bertz CT molecular complexity index is 846. The Morgan fingerprint density at radius 3 is 2.18 bits per heavy atom. The number of nitro groups is 1. The van der Waals surface area contributed by atoms with Crippen LogP contribution in [0.3, 0.4) is 0 Å². The third-order valence-corrected chi connectivity index (χ3v) is 4.66. The number of carbonyl (C=O) groups excluding carboxylic acids is 2. The molecular formula is C20H21N3O5. The summed E-state index contributed by atoms with van der Waals surface area (Å²) < 4.78 is 5.25. The number of non-ortho nitro benzene ring substituents is 1. The van der Waals surface area contributed by atoms with Crippen LogP contribution < -0.4 is 4.90 Å². The van der Waals surface area contributed by atoms with Crippen LogP contribution in [0, 0.1) is 10.1 Å². The number of benzene rings is 2. The van der Waals surface area contributed by atoms with E-state index in [1.54, 1.807) is 4.90 Å². The average molecular weight is 383 g/mol. The van der Waals surface area contributed by atoms with Gasteiger partial charge in [0.25, 0.3) is 11.6 Å². The van der Waals surface area contributed by atoms with Crippen LogP contribution in [0.4, 0.5) is 11.4 Å². The molecule has 1 atom stereocenters. The second kappa shape index (κ2) is 8.51. The number of ether oxygens (including phenoxy) is 1. The van der Waals surface area contributed by atoms with Crippen molar-refractivity contribution in [2.75, 3.05) is 31.1 Å². The molecule has 1 saturated heterocycles. The molecule has 3 rings (SSSR count). The second-order valence-electron chi connectivity index (χ2n) is 6.50. The highest BCUT2D eigenvalue weighted by Crippen LogP contribution is 2.17. The second-order valence-corrected chi connectivity index (χ2v) is 6.50. The number of hydrogen-bond acceptors (Lipinski definition) is 6. The highest BCUT2D eigenvalue weighted by molar-refractivity contribution is 5.92. The van der Waals surface area contributed by atoms with Crippen LogP contribution in [0.2, 0.25) is 0 Å². The van der Waals surface area contributed by atoms with Crippen molar-refractivity contribution in [3.63, 3.8) is 0 Å². The van der Waals surface area contributed by atoms with Gasteiger partial charge in [0.15, 0.2) is 6.10 Å². The molecule has 1 aliphatic heterocycles. The summed E-state index contributed by atoms with van der Waals surface area (Å²) in [5, 5.41) is 10.7. The number of nitrogens with zero attached hydrogens (tertiary/aromatic N) is 3. The topological polar surface area (TPSA) is 93.0 Å². The number of carbonyl (C=O) groups is 2. The Morgan fingerprint density at radius 1 is 1.00 bits per heavy atom. The lowest BCUT2D eigenvalue weighted by atomic mass is 10.2. The minimum atomic E-state index is -0.925. The van der Waals surface area contributed by atoms with Gasteiger partial charge in [0.1, 0.15) is 0 Å². The molecule has 1 unspecified atom stereocenters. The molecule has 0 saturated carbocycles. The molecule has 1 amide bonds. The van der Waals surface area contributed by atoms with Crippen LogP contribution >= 0.6 is 0 Å². The first kappa shape index (κ1) is 19.3. The smallest absolute Gasteiger partial charge is 0.338 e. The standard InChI is InChI=1S/C20H21N3O5/c1-15(28-20(25)16-7-9-18(10-8-16)23(26)27)19(24)22-13-11-21(12-14-22)17-5-3-2-4-6-17/h2-10,15H,11-14H2,1H3. The third kappa shape index (κ3) is 4.46. The van der Waals surface area contributed by atoms with E-state index in [1.807, 2.05) is 30.3 Å². The number of anilines is 1. The molecule has 146 valence electrons. The van der Waals surface area contributed by atoms with Gasteiger partial charge in [-0.05, 0) is 31.2 Å². The Morgan fingerprint density at radius 2 is 1.61 bits per heavy atom. The lowest BCUT2D eigenvalue weighted by Crippen LogP contribution is -2.51. The van der Waals surface area contributed by atoms with Crippen LogP contribution in [0.5, 0.6) is 0 Å². The maximum absolute atomic E-state index is 12.6. The van der Waals surface area contributed by atoms with E-state index < -0.39 is 17.0 Å². The van der Waals surface area contributed by atoms with E-state index in [-0.39, 0.29) is 17.2 Å². The van der Waals surface area contributed by atoms with Crippen molar-refractivity contribution in [2.24, 2.45) is 0 Å². The molecule has 2 aromatic rings. The predicted molar refractivity (Wildman–Crippen MR) is 103 cm³/mol. The van der Waals surface area contributed by atoms with Crippen LogP contribution in [0.1, 0.15) is 17.3 Å². The zero-order chi connectivity index (χ0) is 20.1. The number of para-hydroxylation sites is 1. The molecule has 1 aliphatic rings. The highest BCUT2D eigenvalue weighted by Gasteiger charge is 2.27. The largest absolute Gasteiger partial charge is 0.449 e. The van der Waals surface area contributed by atoms with Gasteiger partial charge in [0.2, 0.25) is 0 Å². The Kier molecular flexibility index (Phi) is 5.88. The number of amides is 1. The Labute approximate surface area is 162 Å². The average Bonchev–Trinajstić information content (AvgIpc) is 2.74. The van der Waals surface area contributed by atoms with Crippen molar-refractivity contribution >= 4 is 23.3 Å². The summed E-state index contributed by atoms with van der Waals surface area (Å²) in [7, 11) is 0. The monoisotopic (exact) mass is 383 g/mol. The quantitative estimate of drug-likeness (QED) is 0.447. The first-order valence-corrected chi connectivity index (χ1v) is 9.00. The van der Waals surface area contributed by atoms with Gasteiger partial charge < -0.3 is 14.5 Å². The van der Waals surface area contributed by atoms with E-state index in [1.165, 1.54) is 31.2 Å². The number of rotatable bonds is 5. The number of hydrogen-bond donors (Lipinski definition) is 0. The molecule has 0 N–H and O–H groups in total. The van der Waals surface area contributed by atoms with Gasteiger partial charge in [0, 0.05) is 44.0 Å². The zero-order valence-corrected chi connectivity index (χ0v) is 15.5. The summed E-state index contributed by atoms with van der Waals surface area (Å²) in [5.74, 6) is -0.929. The van der Waals surface area contributed by atoms with E-state index in [9.17, 15) is 19.7 Å². The summed E-state index contributed by atoms with van der Waals surface area (Å²) in [6, 6.07) is 15.1. The van der Waals surface area contributed by atoms with E-state index >= 15 is 0 Å². The van der Waals surface area contributed by atoms with Crippen molar-refractivity contribution in [1.82, 2.24) is 4.90 Å². The van der Waals surface area contributed by atoms with E-state index in [0.717, 1.165) is 5.69 Å². The molecule has 0 aromatic heterocycles. The SMILES string of the molecule is CC(OC(=O)c1ccc([N+](=O)[O-])cc1)C(=O)N1CCN(c2ccccc2)CC1. The fourth-order valence-corrected chi connectivity index (χ4v) is 3.08. The van der Waals surface area contributed by atoms with Gasteiger partial charge in [-0.2, -0.15) is 0 Å². The lowest BCUT2D eigenvalue weighted by molar-refractivity contribution is -0.384. The maximum Gasteiger partial charge on any atom is 0.338 e. The Balaban J connectivity index is 1.53. The molecule has 1 fully saturated rings. The van der Waals surface area contributed by atoms with Crippen molar-refractivity contribution in [3.05, 3.63) is 70.3 Å². The van der Waals surface area contributed by atoms with Gasteiger partial charge in [-0.3, -0.25) is 14.9 Å². The van der Waals surface area contributed by atoms with Gasteiger partial charge in [-0.15, -0.1) is 0 Å². The minimum absolute atomic E-state index is 0.114. The molecule has 28 heavy (non-hydrogen) atoms. The molecule has 8 heteroatoms. The summed E-state index contributed by atoms with van der Waals surface area (Å²) in [5.41, 5.74) is 1.17. The van der Waals surface area contributed by atoms with Gasteiger partial charge in [-0.1, -0.05) is 18.2 Å². The molecule has 2 aromatic carbocycles. The van der Waals surface area contributed by atoms with Gasteiger partial charge in [-0.25, -0.2) is 4.79 Å². The molecule has 8 nitrogen and oxygen atoms in total. The summed E-state index contributed by atoms with van der Waals surface area (Å²) >= 11 is 0. The van der Waals surface area contributed by atoms with E-state index in [4.69, 9.17) is 4.74 Å². The molecule has 0 spiro atoms. The summed E-state index contributed by atoms with van der Waals surface area (Å²) in [6.45, 7) is 4.05. The minimum Gasteiger partial charge on any atom is -0.449 e. The fourth-order valence-electron chi connectivity index (χ4n) is 3.08. The zero-order valence-electron chi connectivity index (χ0n) is 15.5. The fraction of sp³-hybridized carbons (Fsp3) is 0.300. The predicted octanol–water partition coefficient (Wildman–Crippen LogP) is 2.49. The normalized spacial score (nSPS) is 15.0. The molecular weight excluding hydrogens is 362 g/mol. The maximum atomic E-state index is 12.6. The number of nitro benzene ring substituents is 1. The third-order valence-electron chi connectivity index (χ3n) is 4.66. The first-order chi connectivity index (χ1) is 13.5. The van der Waals surface area contributed by atoms with E-state index in [2.05, 4.69) is 4.90 Å². The van der Waals surface area contributed by atoms with Crippen LogP contribution in [-0.2, 0) is 9.53 Å². The molecule has 0 bridgehead atoms. The number of piperazine rings is 1. The van der Waals surface area contributed by atoms with Crippen LogP contribution in [0.25, 0.3) is 0 Å². The highest BCUT2D eigenvalue weighted by atomic mass is 16.6. The number of esters is 1. The lowest BCUT2D eigenvalue weighted by Gasteiger charge is -2.37. The molecule has 0 radical (unpaired) electrons. The van der Waals surface area contributed by atoms with Crippen LogP contribution in [0.15, 0.2) is 54.6 Å². The van der Waals surface area contributed by atoms with Crippen molar-refractivity contribution in [1.29, 1.82) is 0 Å².